The van der Waals surface area contributed by atoms with Gasteiger partial charge in [-0.25, -0.2) is 9.97 Å². The number of para-hydroxylation sites is 1. The van der Waals surface area contributed by atoms with Crippen molar-refractivity contribution in [3.8, 4) is 10.6 Å². The Bertz CT molecular complexity index is 1340. The van der Waals surface area contributed by atoms with Crippen LogP contribution in [0.4, 0.5) is 17.5 Å². The molecule has 1 fully saturated rings. The van der Waals surface area contributed by atoms with Gasteiger partial charge in [0, 0.05) is 37.0 Å². The van der Waals surface area contributed by atoms with Gasteiger partial charge in [0.15, 0.2) is 0 Å². The summed E-state index contributed by atoms with van der Waals surface area (Å²) in [5.74, 6) is 0.226. The Labute approximate surface area is 213 Å². The lowest BCUT2D eigenvalue weighted by molar-refractivity contribution is 0.0710. The molecular formula is C26H27N6O3S. The number of thiazole rings is 1. The summed E-state index contributed by atoms with van der Waals surface area (Å²) >= 11 is 1.56. The van der Waals surface area contributed by atoms with Gasteiger partial charge in [-0.1, -0.05) is 12.1 Å². The van der Waals surface area contributed by atoms with Gasteiger partial charge in [-0.05, 0) is 50.5 Å². The van der Waals surface area contributed by atoms with Crippen LogP contribution in [0, 0.1) is 25.7 Å². The molecule has 0 bridgehead atoms. The maximum absolute atomic E-state index is 11.7. The number of carbonyl (C=O) groups excluding carboxylic acids is 1. The van der Waals surface area contributed by atoms with E-state index >= 15 is 0 Å². The van der Waals surface area contributed by atoms with Gasteiger partial charge in [-0.2, -0.15) is 4.98 Å². The van der Waals surface area contributed by atoms with E-state index in [0.29, 0.717) is 18.2 Å². The van der Waals surface area contributed by atoms with E-state index in [-0.39, 0.29) is 18.6 Å². The Hall–Kier alpha value is -3.47. The third-order valence-electron chi connectivity index (χ3n) is 6.43. The minimum absolute atomic E-state index is 0.111. The number of hydrogen-bond donors (Lipinski definition) is 3. The average molecular weight is 504 g/mol. The highest BCUT2D eigenvalue weighted by Crippen LogP contribution is 2.38. The van der Waals surface area contributed by atoms with Crippen molar-refractivity contribution in [3.05, 3.63) is 54.0 Å². The molecule has 10 heteroatoms. The molecule has 5 rings (SSSR count). The fourth-order valence-corrected chi connectivity index (χ4v) is 5.81. The maximum Gasteiger partial charge on any atom is 0.229 e. The topological polar surface area (TPSA) is 122 Å². The zero-order chi connectivity index (χ0) is 25.2. The number of aliphatic hydroxyl groups is 1. The molecule has 3 N–H and O–H groups in total. The molecule has 3 heterocycles. The van der Waals surface area contributed by atoms with Gasteiger partial charge in [0.05, 0.1) is 33.8 Å². The van der Waals surface area contributed by atoms with E-state index < -0.39 is 12.0 Å². The van der Waals surface area contributed by atoms with Crippen molar-refractivity contribution in [2.45, 2.75) is 32.4 Å². The van der Waals surface area contributed by atoms with Crippen LogP contribution in [-0.2, 0) is 9.53 Å². The van der Waals surface area contributed by atoms with Crippen molar-refractivity contribution >= 4 is 45.3 Å². The predicted octanol–water partition coefficient (Wildman–Crippen LogP) is 4.04. The molecule has 0 spiro atoms. The van der Waals surface area contributed by atoms with Crippen LogP contribution < -0.4 is 10.6 Å². The van der Waals surface area contributed by atoms with E-state index in [0.717, 1.165) is 37.9 Å². The fraction of sp³-hybridized carbons (Fsp3) is 0.346. The Morgan fingerprint density at radius 3 is 2.64 bits per heavy atom. The second kappa shape index (κ2) is 10.3. The number of hydrogen-bond acceptors (Lipinski definition) is 10. The molecule has 9 nitrogen and oxygen atoms in total. The molecule has 1 saturated carbocycles. The van der Waals surface area contributed by atoms with E-state index in [2.05, 4.69) is 26.9 Å². The third kappa shape index (κ3) is 4.79. The number of ether oxygens (including phenoxy) is 1. The van der Waals surface area contributed by atoms with Crippen LogP contribution >= 0.6 is 11.3 Å². The number of aromatic nitrogens is 4. The smallest absolute Gasteiger partial charge is 0.229 e. The molecule has 1 aliphatic rings. The Morgan fingerprint density at radius 1 is 1.17 bits per heavy atom. The highest BCUT2D eigenvalue weighted by molar-refractivity contribution is 7.21. The number of aliphatic hydroxyl groups excluding tert-OH is 1. The second-order valence-corrected chi connectivity index (χ2v) is 10.0. The van der Waals surface area contributed by atoms with E-state index in [1.807, 2.05) is 50.2 Å². The van der Waals surface area contributed by atoms with Crippen molar-refractivity contribution in [1.82, 2.24) is 19.9 Å². The minimum atomic E-state index is -0.523. The van der Waals surface area contributed by atoms with Gasteiger partial charge in [-0.3, -0.25) is 9.78 Å². The Balaban J connectivity index is 1.54. The standard InChI is InChI=1S/C26H27N6O3S/c1-14-8-17(9-15(2)28-14)29-26-27-11-18(25-31-20-6-4-5-7-22(20)36-25)24(32-26)30-21-10-16(12-33)19(13-34)23(21)35-3/h4-9,11,16,19,21,23,33H,10,12H2,1-3H3,(H2,27,28,29,30,32)/t16-,19+,21+,23-/m0/s1. The first kappa shape index (κ1) is 24.2. The first-order valence-corrected chi connectivity index (χ1v) is 12.5. The van der Waals surface area contributed by atoms with Gasteiger partial charge in [0.2, 0.25) is 12.2 Å². The van der Waals surface area contributed by atoms with Gasteiger partial charge < -0.3 is 20.5 Å². The second-order valence-electron chi connectivity index (χ2n) is 8.98. The first-order chi connectivity index (χ1) is 17.5. The molecule has 0 unspecified atom stereocenters. The maximum atomic E-state index is 11.7. The van der Waals surface area contributed by atoms with Gasteiger partial charge >= 0.3 is 0 Å². The molecule has 4 atom stereocenters. The summed E-state index contributed by atoms with van der Waals surface area (Å²) in [7, 11) is 1.57. The summed E-state index contributed by atoms with van der Waals surface area (Å²) < 4.78 is 6.73. The van der Waals surface area contributed by atoms with Gasteiger partial charge in [0.1, 0.15) is 10.8 Å². The number of nitrogens with zero attached hydrogens (tertiary/aromatic N) is 4. The molecule has 4 aromatic rings. The zero-order valence-electron chi connectivity index (χ0n) is 20.2. The normalized spacial score (nSPS) is 21.6. The van der Waals surface area contributed by atoms with Crippen molar-refractivity contribution in [1.29, 1.82) is 0 Å². The number of aryl methyl sites for hydroxylation is 2. The molecule has 3 aromatic heterocycles. The SMILES string of the molecule is CO[C@H]1[C@H]([C]=O)[C@H](CO)C[C@H]1Nc1nc(Nc2cc(C)nc(C)c2)ncc1-c1nc2ccccc2s1. The van der Waals surface area contributed by atoms with Crippen molar-refractivity contribution in [3.63, 3.8) is 0 Å². The molecule has 0 aliphatic heterocycles. The molecule has 1 aromatic carbocycles. The van der Waals surface area contributed by atoms with E-state index in [9.17, 15) is 9.90 Å². The fourth-order valence-electron chi connectivity index (χ4n) is 4.84. The number of fused-ring (bicyclic) bond motifs is 1. The van der Waals surface area contributed by atoms with Crippen molar-refractivity contribution < 1.29 is 14.6 Å². The Kier molecular flexibility index (Phi) is 6.90. The van der Waals surface area contributed by atoms with Crippen LogP contribution in [0.1, 0.15) is 17.8 Å². The molecule has 185 valence electrons. The molecule has 0 amide bonds. The van der Waals surface area contributed by atoms with Crippen LogP contribution in [0.15, 0.2) is 42.6 Å². The summed E-state index contributed by atoms with van der Waals surface area (Å²) in [6, 6.07) is 11.6. The predicted molar refractivity (Wildman–Crippen MR) is 140 cm³/mol. The number of methoxy groups -OCH3 is 1. The first-order valence-electron chi connectivity index (χ1n) is 11.7. The van der Waals surface area contributed by atoms with E-state index in [1.165, 1.54) is 0 Å². The molecule has 1 aliphatic carbocycles. The highest BCUT2D eigenvalue weighted by atomic mass is 32.1. The zero-order valence-corrected chi connectivity index (χ0v) is 21.0. The number of pyridine rings is 1. The molecular weight excluding hydrogens is 476 g/mol. The molecule has 1 radical (unpaired) electrons. The highest BCUT2D eigenvalue weighted by Gasteiger charge is 2.44. The summed E-state index contributed by atoms with van der Waals surface area (Å²) in [6.07, 6.45) is 3.91. The van der Waals surface area contributed by atoms with E-state index in [4.69, 9.17) is 14.7 Å². The quantitative estimate of drug-likeness (QED) is 0.327. The largest absolute Gasteiger partial charge is 0.396 e. The van der Waals surface area contributed by atoms with Crippen LogP contribution in [0.3, 0.4) is 0 Å². The molecule has 0 saturated heterocycles. The summed E-state index contributed by atoms with van der Waals surface area (Å²) in [5.41, 5.74) is 4.27. The lowest BCUT2D eigenvalue weighted by Crippen LogP contribution is -2.35. The van der Waals surface area contributed by atoms with E-state index in [1.54, 1.807) is 24.6 Å². The average Bonchev–Trinajstić information content (AvgIpc) is 3.44. The molecule has 36 heavy (non-hydrogen) atoms. The number of rotatable bonds is 8. The lowest BCUT2D eigenvalue weighted by atomic mass is 9.97. The minimum Gasteiger partial charge on any atom is -0.396 e. The van der Waals surface area contributed by atoms with Crippen LogP contribution in [0.2, 0.25) is 0 Å². The van der Waals surface area contributed by atoms with Crippen molar-refractivity contribution in [2.24, 2.45) is 11.8 Å². The number of anilines is 3. The van der Waals surface area contributed by atoms with Gasteiger partial charge in [-0.15, -0.1) is 11.3 Å². The summed E-state index contributed by atoms with van der Waals surface area (Å²) in [5, 5.41) is 17.3. The lowest BCUT2D eigenvalue weighted by Gasteiger charge is -2.23. The Morgan fingerprint density at radius 2 is 1.94 bits per heavy atom. The monoisotopic (exact) mass is 503 g/mol. The van der Waals surface area contributed by atoms with Crippen LogP contribution in [0.25, 0.3) is 20.8 Å². The third-order valence-corrected chi connectivity index (χ3v) is 7.50. The number of benzene rings is 1. The van der Waals surface area contributed by atoms with Gasteiger partial charge in [0.25, 0.3) is 0 Å². The van der Waals surface area contributed by atoms with Crippen molar-refractivity contribution in [2.75, 3.05) is 24.4 Å². The number of nitrogens with one attached hydrogen (secondary N) is 2. The van der Waals surface area contributed by atoms with Crippen LogP contribution in [0.5, 0.6) is 0 Å². The van der Waals surface area contributed by atoms with Crippen LogP contribution in [-0.4, -0.2) is 57.2 Å². The summed E-state index contributed by atoms with van der Waals surface area (Å²) in [6.45, 7) is 3.76. The summed E-state index contributed by atoms with van der Waals surface area (Å²) in [4.78, 5) is 30.2.